The molecule has 21 heavy (non-hydrogen) atoms. The Morgan fingerprint density at radius 1 is 1.24 bits per heavy atom. The molecule has 3 N–H and O–H groups in total. The number of rotatable bonds is 2. The fraction of sp³-hybridized carbons (Fsp3) is 0.167. The Balaban J connectivity index is 2.20. The van der Waals surface area contributed by atoms with Gasteiger partial charge in [-0.3, -0.25) is 14.9 Å². The van der Waals surface area contributed by atoms with E-state index in [1.54, 1.807) is 0 Å². The molecule has 2 rings (SSSR count). The van der Waals surface area contributed by atoms with Crippen LogP contribution in [-0.4, -0.2) is 46.9 Å². The predicted octanol–water partition coefficient (Wildman–Crippen LogP) is 0.529. The summed E-state index contributed by atoms with van der Waals surface area (Å²) in [5.74, 6) is -2.51. The Labute approximate surface area is 123 Å². The first kappa shape index (κ1) is 14.8. The summed E-state index contributed by atoms with van der Waals surface area (Å²) >= 11 is 5.78. The molecule has 8 nitrogen and oxygen atoms in total. The molecule has 1 aliphatic heterocycles. The number of hydrogen-bond donors (Lipinski definition) is 3. The van der Waals surface area contributed by atoms with Crippen LogP contribution in [0.3, 0.4) is 0 Å². The Morgan fingerprint density at radius 2 is 1.86 bits per heavy atom. The van der Waals surface area contributed by atoms with Crippen LogP contribution in [0, 0.1) is 0 Å². The van der Waals surface area contributed by atoms with Crippen LogP contribution in [0.25, 0.3) is 0 Å². The van der Waals surface area contributed by atoms with Gasteiger partial charge < -0.3 is 15.3 Å². The molecule has 110 valence electrons. The molecule has 0 saturated carbocycles. The fourth-order valence-electron chi connectivity index (χ4n) is 1.82. The highest BCUT2D eigenvalue weighted by Gasteiger charge is 2.27. The third-order valence-electron chi connectivity index (χ3n) is 2.70. The molecule has 0 aromatic heterocycles. The number of benzene rings is 1. The van der Waals surface area contributed by atoms with E-state index in [0.29, 0.717) is 0 Å². The van der Waals surface area contributed by atoms with Gasteiger partial charge in [0.2, 0.25) is 11.8 Å². The topological polar surface area (TPSA) is 116 Å². The molecule has 1 heterocycles. The fourth-order valence-corrected chi connectivity index (χ4v) is 2.08. The third-order valence-corrected chi connectivity index (χ3v) is 3.02. The lowest BCUT2D eigenvalue weighted by Gasteiger charge is -2.25. The molecule has 0 atom stereocenters. The quantitative estimate of drug-likeness (QED) is 0.689. The maximum atomic E-state index is 12.0. The molecule has 0 radical (unpaired) electrons. The zero-order valence-corrected chi connectivity index (χ0v) is 11.3. The van der Waals surface area contributed by atoms with Crippen molar-refractivity contribution in [2.75, 3.05) is 18.4 Å². The number of halogens is 1. The van der Waals surface area contributed by atoms with Gasteiger partial charge in [-0.15, -0.1) is 0 Å². The van der Waals surface area contributed by atoms with Crippen molar-refractivity contribution >= 4 is 41.1 Å². The van der Waals surface area contributed by atoms with E-state index >= 15 is 0 Å². The Kier molecular flexibility index (Phi) is 4.08. The van der Waals surface area contributed by atoms with Gasteiger partial charge in [0.05, 0.1) is 10.7 Å². The molecule has 1 aliphatic rings. The zero-order chi connectivity index (χ0) is 15.6. The van der Waals surface area contributed by atoms with Crippen molar-refractivity contribution in [1.82, 2.24) is 10.2 Å². The molecule has 0 spiro atoms. The van der Waals surface area contributed by atoms with Crippen LogP contribution < -0.4 is 10.6 Å². The lowest BCUT2D eigenvalue weighted by Crippen LogP contribution is -2.54. The van der Waals surface area contributed by atoms with Gasteiger partial charge in [0.25, 0.3) is 0 Å². The predicted molar refractivity (Wildman–Crippen MR) is 72.2 cm³/mol. The first-order valence-corrected chi connectivity index (χ1v) is 6.16. The summed E-state index contributed by atoms with van der Waals surface area (Å²) in [6, 6.07) is 3.44. The van der Waals surface area contributed by atoms with Crippen molar-refractivity contribution in [2.24, 2.45) is 0 Å². The minimum absolute atomic E-state index is 0.0153. The number of carbonyl (C=O) groups is 4. The summed E-state index contributed by atoms with van der Waals surface area (Å²) in [6.45, 7) is -0.582. The van der Waals surface area contributed by atoms with Crippen molar-refractivity contribution in [3.05, 3.63) is 28.8 Å². The van der Waals surface area contributed by atoms with E-state index in [1.165, 1.54) is 18.2 Å². The van der Waals surface area contributed by atoms with Gasteiger partial charge in [-0.05, 0) is 12.1 Å². The van der Waals surface area contributed by atoms with E-state index in [-0.39, 0.29) is 29.4 Å². The molecule has 9 heteroatoms. The monoisotopic (exact) mass is 311 g/mol. The maximum Gasteiger partial charge on any atom is 0.339 e. The van der Waals surface area contributed by atoms with E-state index in [1.807, 2.05) is 0 Å². The van der Waals surface area contributed by atoms with Crippen LogP contribution >= 0.6 is 11.6 Å². The summed E-state index contributed by atoms with van der Waals surface area (Å²) in [4.78, 5) is 46.5. The second-order valence-corrected chi connectivity index (χ2v) is 4.63. The van der Waals surface area contributed by atoms with Gasteiger partial charge in [-0.2, -0.15) is 0 Å². The highest BCUT2D eigenvalue weighted by Crippen LogP contribution is 2.24. The van der Waals surface area contributed by atoms with E-state index in [0.717, 1.165) is 4.90 Å². The van der Waals surface area contributed by atoms with Crippen LogP contribution in [0.15, 0.2) is 18.2 Å². The molecule has 0 unspecified atom stereocenters. The van der Waals surface area contributed by atoms with Crippen molar-refractivity contribution in [2.45, 2.75) is 0 Å². The van der Waals surface area contributed by atoms with Gasteiger partial charge in [0.15, 0.2) is 0 Å². The lowest BCUT2D eigenvalue weighted by molar-refractivity contribution is -0.134. The summed E-state index contributed by atoms with van der Waals surface area (Å²) in [6.07, 6.45) is 0. The van der Waals surface area contributed by atoms with Crippen LogP contribution in [0.4, 0.5) is 10.5 Å². The number of piperazine rings is 1. The largest absolute Gasteiger partial charge is 0.478 e. The molecule has 4 amide bonds. The normalized spacial score (nSPS) is 14.6. The SMILES string of the molecule is O=C1CN(C(=O)Nc2cccc(Cl)c2C(=O)O)CC(=O)N1. The number of carbonyl (C=O) groups excluding carboxylic acids is 3. The molecule has 0 aliphatic carbocycles. The van der Waals surface area contributed by atoms with Crippen molar-refractivity contribution in [1.29, 1.82) is 0 Å². The molecule has 1 fully saturated rings. The van der Waals surface area contributed by atoms with Gasteiger partial charge in [-0.1, -0.05) is 17.7 Å². The van der Waals surface area contributed by atoms with Gasteiger partial charge >= 0.3 is 12.0 Å². The van der Waals surface area contributed by atoms with E-state index in [9.17, 15) is 19.2 Å². The second-order valence-electron chi connectivity index (χ2n) is 4.23. The number of nitrogens with zero attached hydrogens (tertiary/aromatic N) is 1. The van der Waals surface area contributed by atoms with Gasteiger partial charge in [0.1, 0.15) is 18.7 Å². The lowest BCUT2D eigenvalue weighted by atomic mass is 10.2. The van der Waals surface area contributed by atoms with E-state index in [2.05, 4.69) is 10.6 Å². The van der Waals surface area contributed by atoms with E-state index in [4.69, 9.17) is 16.7 Å². The smallest absolute Gasteiger partial charge is 0.339 e. The number of nitrogens with one attached hydrogen (secondary N) is 2. The van der Waals surface area contributed by atoms with Gasteiger partial charge in [-0.25, -0.2) is 9.59 Å². The van der Waals surface area contributed by atoms with Crippen molar-refractivity contribution < 1.29 is 24.3 Å². The highest BCUT2D eigenvalue weighted by atomic mass is 35.5. The Hall–Kier alpha value is -2.61. The Morgan fingerprint density at radius 3 is 2.43 bits per heavy atom. The summed E-state index contributed by atoms with van der Waals surface area (Å²) in [7, 11) is 0. The van der Waals surface area contributed by atoms with Crippen LogP contribution in [0.5, 0.6) is 0 Å². The van der Waals surface area contributed by atoms with Crippen LogP contribution in [-0.2, 0) is 9.59 Å². The maximum absolute atomic E-state index is 12.0. The minimum Gasteiger partial charge on any atom is -0.478 e. The number of amides is 4. The average molecular weight is 312 g/mol. The average Bonchev–Trinajstić information content (AvgIpc) is 2.37. The number of imide groups is 1. The number of hydrogen-bond acceptors (Lipinski definition) is 4. The summed E-state index contributed by atoms with van der Waals surface area (Å²) in [5.41, 5.74) is -0.279. The standard InChI is InChI=1S/C12H10ClN3O5/c13-6-2-1-3-7(10(6)11(19)20)14-12(21)16-4-8(17)15-9(18)5-16/h1-3H,4-5H2,(H,14,21)(H,19,20)(H,15,17,18). The molecular formula is C12H10ClN3O5. The van der Waals surface area contributed by atoms with Crippen LogP contribution in [0.2, 0.25) is 5.02 Å². The van der Waals surface area contributed by atoms with Crippen molar-refractivity contribution in [3.8, 4) is 0 Å². The molecule has 1 saturated heterocycles. The number of anilines is 1. The second kappa shape index (κ2) is 5.80. The highest BCUT2D eigenvalue weighted by molar-refractivity contribution is 6.34. The van der Waals surface area contributed by atoms with Crippen LogP contribution in [0.1, 0.15) is 10.4 Å². The number of carboxylic acids is 1. The summed E-state index contributed by atoms with van der Waals surface area (Å²) < 4.78 is 0. The number of aromatic carboxylic acids is 1. The number of urea groups is 1. The molecule has 1 aromatic rings. The van der Waals surface area contributed by atoms with Crippen molar-refractivity contribution in [3.63, 3.8) is 0 Å². The van der Waals surface area contributed by atoms with Gasteiger partial charge in [0, 0.05) is 0 Å². The Bertz CT molecular complexity index is 630. The minimum atomic E-state index is -1.30. The molecule has 0 bridgehead atoms. The molecule has 1 aromatic carbocycles. The first-order chi connectivity index (χ1) is 9.88. The number of carboxylic acid groups (broad SMARTS) is 1. The first-order valence-electron chi connectivity index (χ1n) is 5.79. The zero-order valence-electron chi connectivity index (χ0n) is 10.6. The molecular weight excluding hydrogens is 302 g/mol. The summed E-state index contributed by atoms with van der Waals surface area (Å²) in [5, 5.41) is 13.4. The van der Waals surface area contributed by atoms with E-state index < -0.39 is 23.8 Å². The third kappa shape index (κ3) is 3.29.